The van der Waals surface area contributed by atoms with Crippen LogP contribution < -0.4 is 0 Å². The van der Waals surface area contributed by atoms with Crippen LogP contribution in [-0.4, -0.2) is 29.2 Å². The van der Waals surface area contributed by atoms with E-state index in [-0.39, 0.29) is 24.0 Å². The molecule has 3 aliphatic heterocycles. The summed E-state index contributed by atoms with van der Waals surface area (Å²) < 4.78 is 14.2. The molecule has 0 spiro atoms. The van der Waals surface area contributed by atoms with Crippen molar-refractivity contribution in [2.45, 2.75) is 29.6 Å². The summed E-state index contributed by atoms with van der Waals surface area (Å²) in [7, 11) is 0. The van der Waals surface area contributed by atoms with E-state index in [1.54, 1.807) is 0 Å². The minimum Gasteiger partial charge on any atom is -0.357 e. The van der Waals surface area contributed by atoms with Gasteiger partial charge >= 0.3 is 0 Å². The summed E-state index contributed by atoms with van der Waals surface area (Å²) in [5.41, 5.74) is 3.30. The number of benzene rings is 5. The van der Waals surface area contributed by atoms with Gasteiger partial charge in [-0.25, -0.2) is 0 Å². The molecule has 5 aromatic rings. The summed E-state index contributed by atoms with van der Waals surface area (Å²) in [4.78, 5) is 16.4. The fourth-order valence-electron chi connectivity index (χ4n) is 7.43. The maximum atomic E-state index is 14.5. The van der Waals surface area contributed by atoms with Crippen LogP contribution in [0.1, 0.15) is 32.6 Å². The van der Waals surface area contributed by atoms with Crippen LogP contribution in [0.4, 0.5) is 0 Å². The lowest BCUT2D eigenvalue weighted by atomic mass is 9.64. The highest BCUT2D eigenvalue weighted by Gasteiger charge is 2.79. The smallest absolute Gasteiger partial charge is 0.256 e. The molecule has 4 nitrogen and oxygen atoms in total. The Bertz CT molecular complexity index is 1600. The van der Waals surface area contributed by atoms with Gasteiger partial charge in [0.05, 0.1) is 18.1 Å². The maximum absolute atomic E-state index is 14.5. The van der Waals surface area contributed by atoms with Crippen molar-refractivity contribution in [2.24, 2.45) is 5.92 Å². The third kappa shape index (κ3) is 3.32. The van der Waals surface area contributed by atoms with Crippen LogP contribution in [-0.2, 0) is 20.7 Å². The van der Waals surface area contributed by atoms with Crippen molar-refractivity contribution in [1.29, 1.82) is 0 Å². The first-order chi connectivity index (χ1) is 20.2. The number of carbonyl (C=O) groups excluding carboxylic acids is 1. The minimum absolute atomic E-state index is 0.0395. The molecule has 5 aromatic carbocycles. The van der Waals surface area contributed by atoms with Gasteiger partial charge < -0.3 is 14.4 Å². The molecule has 0 radical (unpaired) electrons. The van der Waals surface area contributed by atoms with Crippen molar-refractivity contribution in [1.82, 2.24) is 4.90 Å². The molecule has 0 aromatic heterocycles. The summed E-state index contributed by atoms with van der Waals surface area (Å²) in [5, 5.41) is 0. The second-order valence-electron chi connectivity index (χ2n) is 11.1. The predicted octanol–water partition coefficient (Wildman–Crippen LogP) is 6.77. The van der Waals surface area contributed by atoms with E-state index >= 15 is 0 Å². The molecule has 0 unspecified atom stereocenters. The molecular formula is C37H29NO3. The number of amides is 1. The van der Waals surface area contributed by atoms with Crippen molar-refractivity contribution in [3.8, 4) is 0 Å². The topological polar surface area (TPSA) is 38.8 Å². The van der Waals surface area contributed by atoms with Gasteiger partial charge in [0.25, 0.3) is 5.91 Å². The fraction of sp³-hybridized carbons (Fsp3) is 0.162. The summed E-state index contributed by atoms with van der Waals surface area (Å²) in [6, 6.07) is 50.7. The quantitative estimate of drug-likeness (QED) is 0.249. The van der Waals surface area contributed by atoms with Crippen LogP contribution >= 0.6 is 0 Å². The Morgan fingerprint density at radius 3 is 1.34 bits per heavy atom. The summed E-state index contributed by atoms with van der Waals surface area (Å²) in [6.07, 6.45) is -0.672. The first-order valence-corrected chi connectivity index (χ1v) is 14.2. The molecule has 3 saturated heterocycles. The molecule has 1 amide bonds. The van der Waals surface area contributed by atoms with E-state index in [0.717, 1.165) is 22.3 Å². The second kappa shape index (κ2) is 9.27. The molecule has 0 bridgehead atoms. The first kappa shape index (κ1) is 24.3. The number of likely N-dealkylation sites (tertiary alicyclic amines) is 1. The number of ether oxygens (including phenoxy) is 2. The van der Waals surface area contributed by atoms with Crippen LogP contribution in [0.2, 0.25) is 0 Å². The average molecular weight is 536 g/mol. The monoisotopic (exact) mass is 535 g/mol. The second-order valence-corrected chi connectivity index (χ2v) is 11.1. The molecule has 4 heteroatoms. The Morgan fingerprint density at radius 1 is 0.512 bits per heavy atom. The lowest BCUT2D eigenvalue weighted by Gasteiger charge is -2.57. The lowest BCUT2D eigenvalue weighted by Crippen LogP contribution is -2.67. The van der Waals surface area contributed by atoms with Crippen LogP contribution in [0.25, 0.3) is 0 Å². The predicted molar refractivity (Wildman–Crippen MR) is 157 cm³/mol. The number of rotatable bonds is 5. The molecule has 0 N–H and O–H groups in total. The van der Waals surface area contributed by atoms with Gasteiger partial charge in [0, 0.05) is 5.56 Å². The first-order valence-electron chi connectivity index (χ1n) is 14.2. The van der Waals surface area contributed by atoms with Crippen molar-refractivity contribution in [3.05, 3.63) is 179 Å². The molecule has 0 saturated carbocycles. The van der Waals surface area contributed by atoms with Crippen LogP contribution in [0, 0.1) is 5.92 Å². The van der Waals surface area contributed by atoms with Gasteiger partial charge in [-0.1, -0.05) is 140 Å². The van der Waals surface area contributed by atoms with Crippen molar-refractivity contribution >= 4 is 5.91 Å². The Balaban J connectivity index is 1.33. The van der Waals surface area contributed by atoms with E-state index in [1.807, 2.05) is 83.8 Å². The number of hydrogen-bond acceptors (Lipinski definition) is 3. The van der Waals surface area contributed by atoms with E-state index in [9.17, 15) is 4.79 Å². The molecule has 41 heavy (non-hydrogen) atoms. The molecule has 8 rings (SSSR count). The molecule has 4 atom stereocenters. The fourth-order valence-corrected chi connectivity index (χ4v) is 7.43. The third-order valence-electron chi connectivity index (χ3n) is 9.13. The number of carbonyl (C=O) groups is 1. The molecule has 3 fully saturated rings. The van der Waals surface area contributed by atoms with Gasteiger partial charge in [0.15, 0.2) is 0 Å². The van der Waals surface area contributed by atoms with E-state index < -0.39 is 17.4 Å². The number of fused-ring (bicyclic) bond motifs is 3. The summed E-state index contributed by atoms with van der Waals surface area (Å²) in [6.45, 7) is 0. The van der Waals surface area contributed by atoms with Crippen molar-refractivity contribution < 1.29 is 14.3 Å². The van der Waals surface area contributed by atoms with Crippen LogP contribution in [0.15, 0.2) is 152 Å². The SMILES string of the molecule is O=C(c1ccccc1)N1[C@H]2OC(c3ccccc3)(c3ccccc3)[C@H]2[C@@H]2OC(c3ccccc3)(c3ccccc3)[C@@H]21. The van der Waals surface area contributed by atoms with E-state index in [4.69, 9.17) is 9.47 Å². The Morgan fingerprint density at radius 2 is 0.902 bits per heavy atom. The Kier molecular flexibility index (Phi) is 5.49. The zero-order valence-electron chi connectivity index (χ0n) is 22.4. The van der Waals surface area contributed by atoms with Gasteiger partial charge in [0.1, 0.15) is 17.4 Å². The molecule has 0 aliphatic carbocycles. The molecule has 3 heterocycles. The zero-order valence-corrected chi connectivity index (χ0v) is 22.4. The van der Waals surface area contributed by atoms with E-state index in [1.165, 1.54) is 0 Å². The van der Waals surface area contributed by atoms with Gasteiger partial charge in [-0.15, -0.1) is 0 Å². The standard InChI is InChI=1S/C37H29NO3/c39-34(26-16-6-1-7-17-26)38-33-32(40-37(33,29-22-12-4-13-23-29)30-24-14-5-15-25-30)31-35(38)41-36(31,27-18-8-2-9-19-27)28-20-10-3-11-21-28/h1-25,31-33,35H/t31-,32-,33+,35-/m0/s1. The van der Waals surface area contributed by atoms with Gasteiger partial charge in [-0.3, -0.25) is 4.79 Å². The normalized spacial score (nSPS) is 24.8. The lowest BCUT2D eigenvalue weighted by molar-refractivity contribution is -0.292. The van der Waals surface area contributed by atoms with Gasteiger partial charge in [-0.2, -0.15) is 0 Å². The highest BCUT2D eigenvalue weighted by molar-refractivity contribution is 5.95. The molecule has 3 aliphatic rings. The number of hydrogen-bond donors (Lipinski definition) is 0. The van der Waals surface area contributed by atoms with Gasteiger partial charge in [0.2, 0.25) is 0 Å². The minimum atomic E-state index is -0.822. The molecular weight excluding hydrogens is 506 g/mol. The van der Waals surface area contributed by atoms with E-state index in [0.29, 0.717) is 5.56 Å². The van der Waals surface area contributed by atoms with Crippen LogP contribution in [0.5, 0.6) is 0 Å². The van der Waals surface area contributed by atoms with Gasteiger partial charge in [-0.05, 0) is 34.4 Å². The summed E-state index contributed by atoms with van der Waals surface area (Å²) in [5.74, 6) is -0.132. The van der Waals surface area contributed by atoms with E-state index in [2.05, 4.69) is 72.8 Å². The maximum Gasteiger partial charge on any atom is 0.256 e. The highest BCUT2D eigenvalue weighted by atomic mass is 16.6. The Hall–Kier alpha value is -4.51. The summed E-state index contributed by atoms with van der Waals surface area (Å²) >= 11 is 0. The van der Waals surface area contributed by atoms with Crippen LogP contribution in [0.3, 0.4) is 0 Å². The largest absolute Gasteiger partial charge is 0.357 e. The van der Waals surface area contributed by atoms with Crippen molar-refractivity contribution in [3.63, 3.8) is 0 Å². The van der Waals surface area contributed by atoms with Crippen molar-refractivity contribution in [2.75, 3.05) is 0 Å². The third-order valence-corrected chi connectivity index (χ3v) is 9.13. The average Bonchev–Trinajstić information content (AvgIpc) is 3.24. The Labute approximate surface area is 239 Å². The molecule has 200 valence electrons. The number of nitrogens with zero attached hydrogens (tertiary/aromatic N) is 1. The highest BCUT2D eigenvalue weighted by Crippen LogP contribution is 2.67. The zero-order chi connectivity index (χ0) is 27.4.